The average Bonchev–Trinajstić information content (AvgIpc) is 3.04. The van der Waals surface area contributed by atoms with E-state index in [9.17, 15) is 4.79 Å². The summed E-state index contributed by atoms with van der Waals surface area (Å²) < 4.78 is 0. The first-order chi connectivity index (χ1) is 12.3. The minimum absolute atomic E-state index is 0.00438. The van der Waals surface area contributed by atoms with E-state index < -0.39 is 0 Å². The zero-order valence-electron chi connectivity index (χ0n) is 13.9. The molecule has 3 aromatic rings. The van der Waals surface area contributed by atoms with Crippen molar-refractivity contribution in [3.05, 3.63) is 66.0 Å². The predicted octanol–water partition coefficient (Wildman–Crippen LogP) is 2.05. The first-order valence-corrected chi connectivity index (χ1v) is 8.28. The van der Waals surface area contributed by atoms with E-state index in [1.807, 2.05) is 30.3 Å². The number of benzene rings is 1. The molecule has 1 amide bonds. The van der Waals surface area contributed by atoms with Gasteiger partial charge in [0.05, 0.1) is 5.69 Å². The van der Waals surface area contributed by atoms with Crippen LogP contribution in [-0.4, -0.2) is 33.7 Å². The molecular weight excluding hydrogens is 314 g/mol. The highest BCUT2D eigenvalue weighted by Gasteiger charge is 2.11. The number of fused-ring (bicyclic) bond motifs is 1. The Hall–Kier alpha value is -2.99. The van der Waals surface area contributed by atoms with Crippen molar-refractivity contribution in [2.24, 2.45) is 5.73 Å². The summed E-state index contributed by atoms with van der Waals surface area (Å²) in [4.78, 5) is 16.4. The van der Waals surface area contributed by atoms with Gasteiger partial charge in [-0.05, 0) is 43.2 Å². The van der Waals surface area contributed by atoms with Crippen molar-refractivity contribution in [3.8, 4) is 0 Å². The number of rotatable bonds is 7. The summed E-state index contributed by atoms with van der Waals surface area (Å²) >= 11 is 0. The van der Waals surface area contributed by atoms with E-state index >= 15 is 0 Å². The maximum absolute atomic E-state index is 12.3. The van der Waals surface area contributed by atoms with Gasteiger partial charge in [0.15, 0.2) is 5.65 Å². The minimum Gasteiger partial charge on any atom is -0.349 e. The Morgan fingerprint density at radius 2 is 2.08 bits per heavy atom. The predicted molar refractivity (Wildman–Crippen MR) is 98.7 cm³/mol. The molecule has 128 valence electrons. The Bertz CT molecular complexity index is 856. The van der Waals surface area contributed by atoms with Crippen molar-refractivity contribution in [2.45, 2.75) is 18.9 Å². The number of hydrogen-bond acceptors (Lipinski definition) is 4. The van der Waals surface area contributed by atoms with Gasteiger partial charge in [0.1, 0.15) is 0 Å². The molecule has 1 atom stereocenters. The number of aromatic amines is 1. The lowest BCUT2D eigenvalue weighted by Gasteiger charge is -2.17. The molecule has 0 radical (unpaired) electrons. The largest absolute Gasteiger partial charge is 0.349 e. The molecule has 0 aliphatic carbocycles. The van der Waals surface area contributed by atoms with Crippen molar-refractivity contribution in [1.82, 2.24) is 20.5 Å². The van der Waals surface area contributed by atoms with Gasteiger partial charge in [-0.1, -0.05) is 30.3 Å². The highest BCUT2D eigenvalue weighted by Crippen LogP contribution is 2.14. The van der Waals surface area contributed by atoms with Crippen LogP contribution >= 0.6 is 0 Å². The first kappa shape index (κ1) is 16.9. The summed E-state index contributed by atoms with van der Waals surface area (Å²) in [6, 6.07) is 13.8. The fourth-order valence-corrected chi connectivity index (χ4v) is 2.73. The van der Waals surface area contributed by atoms with Gasteiger partial charge in [-0.3, -0.25) is 9.89 Å². The van der Waals surface area contributed by atoms with Crippen LogP contribution < -0.4 is 11.1 Å². The Labute approximate surface area is 146 Å². The molecule has 0 fully saturated rings. The fourth-order valence-electron chi connectivity index (χ4n) is 2.73. The molecular formula is C19H21N5O. The van der Waals surface area contributed by atoms with Gasteiger partial charge in [-0.25, -0.2) is 4.98 Å². The van der Waals surface area contributed by atoms with Crippen LogP contribution in [0.15, 0.2) is 54.7 Å². The lowest BCUT2D eigenvalue weighted by atomic mass is 10.0. The van der Waals surface area contributed by atoms with E-state index in [0.29, 0.717) is 12.2 Å². The zero-order valence-corrected chi connectivity index (χ0v) is 13.9. The number of nitrogens with one attached hydrogen (secondary N) is 2. The lowest BCUT2D eigenvalue weighted by molar-refractivity contribution is -0.117. The molecule has 6 heteroatoms. The second kappa shape index (κ2) is 8.21. The zero-order chi connectivity index (χ0) is 17.5. The van der Waals surface area contributed by atoms with Gasteiger partial charge in [0.25, 0.3) is 0 Å². The molecule has 1 aromatic carbocycles. The molecule has 0 aliphatic heterocycles. The van der Waals surface area contributed by atoms with E-state index in [-0.39, 0.29) is 11.9 Å². The van der Waals surface area contributed by atoms with Gasteiger partial charge >= 0.3 is 0 Å². The van der Waals surface area contributed by atoms with Crippen molar-refractivity contribution in [2.75, 3.05) is 6.54 Å². The highest BCUT2D eigenvalue weighted by atomic mass is 16.1. The summed E-state index contributed by atoms with van der Waals surface area (Å²) in [6.45, 7) is 0.526. The van der Waals surface area contributed by atoms with Crippen molar-refractivity contribution < 1.29 is 4.79 Å². The molecule has 0 saturated heterocycles. The van der Waals surface area contributed by atoms with Crippen LogP contribution in [0.2, 0.25) is 0 Å². The third-order valence-electron chi connectivity index (χ3n) is 3.95. The fraction of sp³-hybridized carbons (Fsp3) is 0.211. The number of H-pyrrole nitrogens is 1. The minimum atomic E-state index is -0.152. The summed E-state index contributed by atoms with van der Waals surface area (Å²) in [5.41, 5.74) is 8.25. The highest BCUT2D eigenvalue weighted by molar-refractivity contribution is 5.94. The molecule has 4 N–H and O–H groups in total. The first-order valence-electron chi connectivity index (χ1n) is 8.28. The third kappa shape index (κ3) is 4.51. The van der Waals surface area contributed by atoms with E-state index in [2.05, 4.69) is 32.6 Å². The summed E-state index contributed by atoms with van der Waals surface area (Å²) in [7, 11) is 0. The number of carbonyl (C=O) groups is 1. The standard InChI is InChI=1S/C19H21N5O/c20-11-10-15(13-14-5-2-1-3-6-14)22-18(25)9-8-17-16-7-4-12-21-19(16)24-23-17/h1-9,12,15H,10-11,13,20H2,(H,22,25)(H,21,23,24)/b9-8+/t15-/m1/s1. The van der Waals surface area contributed by atoms with Crippen LogP contribution in [0.25, 0.3) is 17.1 Å². The van der Waals surface area contributed by atoms with Gasteiger partial charge in [0, 0.05) is 23.7 Å². The van der Waals surface area contributed by atoms with Crippen LogP contribution in [0.1, 0.15) is 17.7 Å². The molecule has 0 unspecified atom stereocenters. The Morgan fingerprint density at radius 3 is 2.88 bits per heavy atom. The number of nitrogens with two attached hydrogens (primary N) is 1. The maximum atomic E-state index is 12.3. The van der Waals surface area contributed by atoms with Gasteiger partial charge in [0.2, 0.25) is 5.91 Å². The normalized spacial score (nSPS) is 12.5. The number of carbonyl (C=O) groups excluding carboxylic acids is 1. The third-order valence-corrected chi connectivity index (χ3v) is 3.95. The van der Waals surface area contributed by atoms with E-state index in [0.717, 1.165) is 23.9 Å². The molecule has 0 spiro atoms. The van der Waals surface area contributed by atoms with Crippen LogP contribution in [0.3, 0.4) is 0 Å². The Balaban J connectivity index is 1.65. The van der Waals surface area contributed by atoms with Crippen LogP contribution in [-0.2, 0) is 11.2 Å². The number of amides is 1. The molecule has 0 aliphatic rings. The second-order valence-electron chi connectivity index (χ2n) is 5.82. The number of pyridine rings is 1. The average molecular weight is 335 g/mol. The Morgan fingerprint density at radius 1 is 1.24 bits per heavy atom. The number of hydrogen-bond donors (Lipinski definition) is 3. The number of aromatic nitrogens is 3. The van der Waals surface area contributed by atoms with Crippen molar-refractivity contribution in [1.29, 1.82) is 0 Å². The summed E-state index contributed by atoms with van der Waals surface area (Å²) in [6.07, 6.45) is 6.40. The van der Waals surface area contributed by atoms with E-state index in [1.165, 1.54) is 11.6 Å². The second-order valence-corrected chi connectivity index (χ2v) is 5.82. The van der Waals surface area contributed by atoms with Crippen molar-refractivity contribution in [3.63, 3.8) is 0 Å². The van der Waals surface area contributed by atoms with Crippen LogP contribution in [0, 0.1) is 0 Å². The molecule has 0 bridgehead atoms. The van der Waals surface area contributed by atoms with Crippen LogP contribution in [0.5, 0.6) is 0 Å². The monoisotopic (exact) mass is 335 g/mol. The van der Waals surface area contributed by atoms with Gasteiger partial charge in [-0.2, -0.15) is 5.10 Å². The molecule has 3 rings (SSSR count). The quantitative estimate of drug-likeness (QED) is 0.576. The topological polar surface area (TPSA) is 96.7 Å². The lowest BCUT2D eigenvalue weighted by Crippen LogP contribution is -2.37. The summed E-state index contributed by atoms with van der Waals surface area (Å²) in [5, 5.41) is 10.9. The van der Waals surface area contributed by atoms with E-state index in [4.69, 9.17) is 5.73 Å². The van der Waals surface area contributed by atoms with Crippen LogP contribution in [0.4, 0.5) is 0 Å². The van der Waals surface area contributed by atoms with Crippen molar-refractivity contribution >= 4 is 23.0 Å². The molecule has 0 saturated carbocycles. The van der Waals surface area contributed by atoms with Gasteiger partial charge < -0.3 is 11.1 Å². The SMILES string of the molecule is NCC[C@H](Cc1ccccc1)NC(=O)/C=C/c1[nH]nc2ncccc12. The molecule has 2 aromatic heterocycles. The smallest absolute Gasteiger partial charge is 0.244 e. The van der Waals surface area contributed by atoms with E-state index in [1.54, 1.807) is 12.3 Å². The number of nitrogens with zero attached hydrogens (tertiary/aromatic N) is 2. The molecule has 25 heavy (non-hydrogen) atoms. The summed E-state index contributed by atoms with van der Waals surface area (Å²) in [5.74, 6) is -0.152. The maximum Gasteiger partial charge on any atom is 0.244 e. The molecule has 6 nitrogen and oxygen atoms in total. The molecule has 2 heterocycles. The Kier molecular flexibility index (Phi) is 5.53. The van der Waals surface area contributed by atoms with Gasteiger partial charge in [-0.15, -0.1) is 0 Å².